The molecule has 0 aromatic heterocycles. The Balaban J connectivity index is 2.88. The van der Waals surface area contributed by atoms with Crippen LogP contribution in [0.2, 0.25) is 0 Å². The van der Waals surface area contributed by atoms with Crippen molar-refractivity contribution in [2.45, 2.75) is 117 Å². The highest BCUT2D eigenvalue weighted by Crippen LogP contribution is 2.18. The number of benzene rings is 1. The smallest absolute Gasteiger partial charge is 0.157 e. The van der Waals surface area contributed by atoms with Gasteiger partial charge in [0, 0.05) is 0 Å². The van der Waals surface area contributed by atoms with Crippen molar-refractivity contribution < 1.29 is 18.9 Å². The molecule has 0 spiro atoms. The minimum Gasteiger partial charge on any atom is -0.351 e. The Morgan fingerprint density at radius 1 is 0.467 bits per heavy atom. The second kappa shape index (κ2) is 10.4. The van der Waals surface area contributed by atoms with Crippen molar-refractivity contribution in [2.24, 2.45) is 0 Å². The van der Waals surface area contributed by atoms with E-state index in [4.69, 9.17) is 18.9 Å². The predicted octanol–water partition coefficient (Wildman–Crippen LogP) is 4.17. The number of rotatable bonds is 8. The molecule has 0 saturated carbocycles. The molecule has 1 aromatic carbocycles. The predicted molar refractivity (Wildman–Crippen MR) is 128 cm³/mol. The molecular weight excluding hydrogens is 408 g/mol. The fourth-order valence-corrected chi connectivity index (χ4v) is 5.30. The highest BCUT2D eigenvalue weighted by Gasteiger charge is 2.27. The van der Waals surface area contributed by atoms with Gasteiger partial charge >= 0.3 is 0 Å². The van der Waals surface area contributed by atoms with Crippen LogP contribution in [0, 0.1) is 0 Å². The van der Waals surface area contributed by atoms with E-state index in [0.717, 1.165) is 0 Å². The Hall–Kier alpha value is -0.506. The summed E-state index contributed by atoms with van der Waals surface area (Å²) in [6.45, 7) is 24.7. The minimum absolute atomic E-state index is 0.258. The van der Waals surface area contributed by atoms with Crippen LogP contribution >= 0.6 is 0 Å². The minimum atomic E-state index is -0.264. The molecule has 0 N–H and O–H groups in total. The molecular formula is C24H42O4Si2. The molecule has 6 heteroatoms. The molecule has 1 aromatic rings. The topological polar surface area (TPSA) is 36.9 Å². The summed E-state index contributed by atoms with van der Waals surface area (Å²) in [6, 6.07) is 8.65. The van der Waals surface area contributed by atoms with Crippen molar-refractivity contribution >= 4 is 29.4 Å². The third-order valence-electron chi connectivity index (χ3n) is 3.30. The van der Waals surface area contributed by atoms with Crippen LogP contribution in [-0.4, -0.2) is 53.3 Å². The molecule has 0 aliphatic carbocycles. The van der Waals surface area contributed by atoms with E-state index >= 15 is 0 Å². The second-order valence-electron chi connectivity index (χ2n) is 11.5. The van der Waals surface area contributed by atoms with Crippen LogP contribution in [0.15, 0.2) is 24.3 Å². The van der Waals surface area contributed by atoms with Crippen LogP contribution in [0.4, 0.5) is 0 Å². The molecule has 4 radical (unpaired) electrons. The highest BCUT2D eigenvalue weighted by molar-refractivity contribution is 6.56. The van der Waals surface area contributed by atoms with Crippen molar-refractivity contribution in [1.29, 1.82) is 0 Å². The zero-order chi connectivity index (χ0) is 23.4. The maximum atomic E-state index is 6.17. The molecule has 0 aliphatic heterocycles. The Bertz CT molecular complexity index is 543. The summed E-state index contributed by atoms with van der Waals surface area (Å²) >= 11 is 0. The van der Waals surface area contributed by atoms with Crippen molar-refractivity contribution in [3.63, 3.8) is 0 Å². The third-order valence-corrected chi connectivity index (χ3v) is 5.57. The SMILES string of the molecule is CC(C)(C)OC(OC(C)(C)C)[Si]c1ccc([Si]C(OC(C)(C)C)OC(C)(C)C)cc1. The second-order valence-corrected chi connectivity index (χ2v) is 14.1. The molecule has 30 heavy (non-hydrogen) atoms. The number of ether oxygens (including phenoxy) is 4. The monoisotopic (exact) mass is 450 g/mol. The van der Waals surface area contributed by atoms with Gasteiger partial charge in [-0.3, -0.25) is 0 Å². The van der Waals surface area contributed by atoms with Crippen LogP contribution in [0.3, 0.4) is 0 Å². The molecule has 0 heterocycles. The van der Waals surface area contributed by atoms with Gasteiger partial charge in [0.2, 0.25) is 0 Å². The summed E-state index contributed by atoms with van der Waals surface area (Å²) in [5.41, 5.74) is -1.03. The van der Waals surface area contributed by atoms with E-state index in [-0.39, 0.29) is 34.2 Å². The summed E-state index contributed by atoms with van der Waals surface area (Å²) in [5.74, 6) is -0.529. The number of hydrogen-bond donors (Lipinski definition) is 0. The lowest BCUT2D eigenvalue weighted by Crippen LogP contribution is -2.44. The average molecular weight is 451 g/mol. The third kappa shape index (κ3) is 13.7. The normalized spacial score (nSPS) is 14.1. The van der Waals surface area contributed by atoms with Crippen LogP contribution in [0.25, 0.3) is 0 Å². The van der Waals surface area contributed by atoms with Crippen molar-refractivity contribution in [2.75, 3.05) is 0 Å². The van der Waals surface area contributed by atoms with E-state index in [1.807, 2.05) is 0 Å². The molecule has 170 valence electrons. The summed E-state index contributed by atoms with van der Waals surface area (Å²) in [6.07, 6.45) is 0. The molecule has 0 saturated heterocycles. The lowest BCUT2D eigenvalue weighted by atomic mass is 10.2. The first kappa shape index (κ1) is 27.5. The first-order valence-corrected chi connectivity index (χ1v) is 12.8. The molecule has 0 fully saturated rings. The zero-order valence-corrected chi connectivity index (χ0v) is 23.1. The van der Waals surface area contributed by atoms with E-state index in [1.165, 1.54) is 10.4 Å². The molecule has 0 amide bonds. The Labute approximate surface area is 190 Å². The molecule has 0 unspecified atom stereocenters. The zero-order valence-electron chi connectivity index (χ0n) is 21.1. The fraction of sp³-hybridized carbons (Fsp3) is 0.750. The summed E-state index contributed by atoms with van der Waals surface area (Å²) in [7, 11) is 0.827. The van der Waals surface area contributed by atoms with Crippen LogP contribution in [-0.2, 0) is 18.9 Å². The van der Waals surface area contributed by atoms with E-state index in [1.54, 1.807) is 0 Å². The lowest BCUT2D eigenvalue weighted by molar-refractivity contribution is -0.193. The lowest BCUT2D eigenvalue weighted by Gasteiger charge is -2.33. The van der Waals surface area contributed by atoms with Crippen molar-refractivity contribution in [1.82, 2.24) is 0 Å². The van der Waals surface area contributed by atoms with Gasteiger partial charge in [-0.05, 0) is 83.1 Å². The highest BCUT2D eigenvalue weighted by atomic mass is 28.2. The maximum Gasteiger partial charge on any atom is 0.157 e. The molecule has 4 nitrogen and oxygen atoms in total. The van der Waals surface area contributed by atoms with E-state index < -0.39 is 0 Å². The van der Waals surface area contributed by atoms with Crippen LogP contribution in [0.5, 0.6) is 0 Å². The van der Waals surface area contributed by atoms with Gasteiger partial charge < -0.3 is 18.9 Å². The first-order chi connectivity index (χ1) is 13.3. The van der Waals surface area contributed by atoms with E-state index in [9.17, 15) is 0 Å². The fourth-order valence-electron chi connectivity index (χ4n) is 2.39. The van der Waals surface area contributed by atoms with Gasteiger partial charge in [-0.2, -0.15) is 0 Å². The molecule has 0 bridgehead atoms. The van der Waals surface area contributed by atoms with Gasteiger partial charge in [-0.15, -0.1) is 0 Å². The molecule has 1 rings (SSSR count). The van der Waals surface area contributed by atoms with Crippen molar-refractivity contribution in [3.8, 4) is 0 Å². The van der Waals surface area contributed by atoms with Crippen LogP contribution in [0.1, 0.15) is 83.1 Å². The van der Waals surface area contributed by atoms with Gasteiger partial charge in [-0.25, -0.2) is 0 Å². The maximum absolute atomic E-state index is 6.17. The summed E-state index contributed by atoms with van der Waals surface area (Å²) in [5, 5.41) is 2.43. The van der Waals surface area contributed by atoms with Gasteiger partial charge in [0.25, 0.3) is 0 Å². The molecule has 0 atom stereocenters. The van der Waals surface area contributed by atoms with Gasteiger partial charge in [0.1, 0.15) is 11.8 Å². The first-order valence-electron chi connectivity index (χ1n) is 10.7. The largest absolute Gasteiger partial charge is 0.351 e. The van der Waals surface area contributed by atoms with Gasteiger partial charge in [0.05, 0.1) is 22.4 Å². The quantitative estimate of drug-likeness (QED) is 0.440. The average Bonchev–Trinajstić information content (AvgIpc) is 2.42. The van der Waals surface area contributed by atoms with Crippen LogP contribution < -0.4 is 10.4 Å². The Morgan fingerprint density at radius 2 is 0.667 bits per heavy atom. The summed E-state index contributed by atoms with van der Waals surface area (Å²) < 4.78 is 24.7. The Morgan fingerprint density at radius 3 is 0.833 bits per heavy atom. The van der Waals surface area contributed by atoms with E-state index in [2.05, 4.69) is 107 Å². The molecule has 0 aliphatic rings. The van der Waals surface area contributed by atoms with Crippen molar-refractivity contribution in [3.05, 3.63) is 24.3 Å². The number of hydrogen-bond acceptors (Lipinski definition) is 4. The van der Waals surface area contributed by atoms with Gasteiger partial charge in [-0.1, -0.05) is 34.6 Å². The standard InChI is InChI=1S/C24H42O4Si2/c1-21(2,3)25-19(26-22(4,5)6)29-17-13-15-18(16-14-17)30-20(27-23(7,8)9)28-24(10,11)12/h13-16,19-20H,1-12H3. The Kier molecular flexibility index (Phi) is 9.55. The van der Waals surface area contributed by atoms with Gasteiger partial charge in [0.15, 0.2) is 19.0 Å². The summed E-state index contributed by atoms with van der Waals surface area (Å²) in [4.78, 5) is 0. The van der Waals surface area contributed by atoms with E-state index in [0.29, 0.717) is 19.0 Å².